The Balaban J connectivity index is 2.12. The van der Waals surface area contributed by atoms with Gasteiger partial charge in [-0.25, -0.2) is 0 Å². The van der Waals surface area contributed by atoms with Crippen LogP contribution in [0.3, 0.4) is 0 Å². The number of hydrogen-bond donors (Lipinski definition) is 0. The summed E-state index contributed by atoms with van der Waals surface area (Å²) < 4.78 is 0. The molecule has 0 aliphatic heterocycles. The van der Waals surface area contributed by atoms with Gasteiger partial charge in [0.1, 0.15) is 0 Å². The first-order valence-electron chi connectivity index (χ1n) is 4.73. The second-order valence-electron chi connectivity index (χ2n) is 4.04. The zero-order chi connectivity index (χ0) is 7.84. The number of allylic oxidation sites excluding steroid dienone is 2. The smallest absolute Gasteiger partial charge is 0.0711 e. The maximum Gasteiger partial charge on any atom is 0.0711 e. The lowest BCUT2D eigenvalue weighted by Gasteiger charge is -2.50. The van der Waals surface area contributed by atoms with Gasteiger partial charge < -0.3 is 0 Å². The molecule has 2 bridgehead atoms. The van der Waals surface area contributed by atoms with E-state index in [0.29, 0.717) is 11.7 Å². The Morgan fingerprint density at radius 3 is 3.00 bits per heavy atom. The standard InChI is InChI=1S/C10H15B/c1-7-8-5-3-2-4-6-9(7)10(8)11/h3,5,7-10H,2,4,6H2,1H3/b5-3-. The maximum atomic E-state index is 6.04. The van der Waals surface area contributed by atoms with Crippen molar-refractivity contribution in [3.63, 3.8) is 0 Å². The predicted octanol–water partition coefficient (Wildman–Crippen LogP) is 2.57. The van der Waals surface area contributed by atoms with E-state index in [4.69, 9.17) is 7.85 Å². The van der Waals surface area contributed by atoms with Gasteiger partial charge in [0.05, 0.1) is 7.85 Å². The van der Waals surface area contributed by atoms with Gasteiger partial charge in [0.15, 0.2) is 0 Å². The lowest BCUT2D eigenvalue weighted by atomic mass is 9.48. The summed E-state index contributed by atoms with van der Waals surface area (Å²) in [5, 5.41) is 0. The first kappa shape index (κ1) is 7.45. The van der Waals surface area contributed by atoms with E-state index in [-0.39, 0.29) is 0 Å². The van der Waals surface area contributed by atoms with Gasteiger partial charge in [-0.15, -0.1) is 0 Å². The minimum Gasteiger partial charge on any atom is -0.0883 e. The summed E-state index contributed by atoms with van der Waals surface area (Å²) in [5.74, 6) is 2.84. The normalized spacial score (nSPS) is 52.1. The summed E-state index contributed by atoms with van der Waals surface area (Å²) >= 11 is 0. The van der Waals surface area contributed by atoms with Crippen LogP contribution in [0.4, 0.5) is 0 Å². The molecule has 11 heavy (non-hydrogen) atoms. The highest BCUT2D eigenvalue weighted by atomic mass is 14.4. The third-order valence-electron chi connectivity index (χ3n) is 3.49. The van der Waals surface area contributed by atoms with Crippen LogP contribution in [0.15, 0.2) is 12.2 Å². The molecule has 58 valence electrons. The fraction of sp³-hybridized carbons (Fsp3) is 0.800. The van der Waals surface area contributed by atoms with Crippen LogP contribution in [-0.2, 0) is 0 Å². The van der Waals surface area contributed by atoms with Crippen LogP contribution < -0.4 is 0 Å². The van der Waals surface area contributed by atoms with Crippen molar-refractivity contribution in [1.82, 2.24) is 0 Å². The topological polar surface area (TPSA) is 0 Å². The van der Waals surface area contributed by atoms with E-state index < -0.39 is 0 Å². The van der Waals surface area contributed by atoms with Crippen LogP contribution in [-0.4, -0.2) is 7.85 Å². The molecule has 4 unspecified atom stereocenters. The summed E-state index contributed by atoms with van der Waals surface area (Å²) in [7, 11) is 6.04. The lowest BCUT2D eigenvalue weighted by Crippen LogP contribution is -2.40. The largest absolute Gasteiger partial charge is 0.0883 e. The zero-order valence-electron chi connectivity index (χ0n) is 7.16. The van der Waals surface area contributed by atoms with Crippen molar-refractivity contribution >= 4 is 7.85 Å². The predicted molar refractivity (Wildman–Crippen MR) is 48.6 cm³/mol. The minimum absolute atomic E-state index is 0.474. The molecule has 0 aromatic heterocycles. The summed E-state index contributed by atoms with van der Waals surface area (Å²) in [5.41, 5.74) is 0. The lowest BCUT2D eigenvalue weighted by molar-refractivity contribution is 0.113. The van der Waals surface area contributed by atoms with Gasteiger partial charge in [0.25, 0.3) is 0 Å². The molecule has 3 rings (SSSR count). The van der Waals surface area contributed by atoms with E-state index in [1.807, 2.05) is 0 Å². The third-order valence-corrected chi connectivity index (χ3v) is 3.49. The first-order valence-corrected chi connectivity index (χ1v) is 4.73. The highest BCUT2D eigenvalue weighted by molar-refractivity contribution is 6.13. The Labute approximate surface area is 70.5 Å². The summed E-state index contributed by atoms with van der Waals surface area (Å²) in [6.45, 7) is 2.34. The van der Waals surface area contributed by atoms with Crippen molar-refractivity contribution in [2.24, 2.45) is 17.8 Å². The Bertz CT molecular complexity index is 164. The van der Waals surface area contributed by atoms with E-state index in [2.05, 4.69) is 19.1 Å². The molecule has 4 atom stereocenters. The Kier molecular flexibility index (Phi) is 1.82. The van der Waals surface area contributed by atoms with Gasteiger partial charge in [-0.3, -0.25) is 0 Å². The fourth-order valence-corrected chi connectivity index (χ4v) is 2.61. The molecule has 0 spiro atoms. The molecular formula is C10H15B. The quantitative estimate of drug-likeness (QED) is 0.364. The molecule has 0 saturated heterocycles. The molecule has 3 aliphatic rings. The van der Waals surface area contributed by atoms with Gasteiger partial charge in [0, 0.05) is 0 Å². The maximum absolute atomic E-state index is 6.04. The van der Waals surface area contributed by atoms with E-state index in [1.54, 1.807) is 0 Å². The minimum atomic E-state index is 0.474. The summed E-state index contributed by atoms with van der Waals surface area (Å²) in [6.07, 6.45) is 8.61. The fourth-order valence-electron chi connectivity index (χ4n) is 2.61. The molecular weight excluding hydrogens is 131 g/mol. The van der Waals surface area contributed by atoms with Crippen molar-refractivity contribution < 1.29 is 0 Å². The van der Waals surface area contributed by atoms with Gasteiger partial charge in [-0.05, 0) is 30.6 Å². The molecule has 3 aliphatic carbocycles. The van der Waals surface area contributed by atoms with Crippen LogP contribution in [0.25, 0.3) is 0 Å². The molecule has 0 aromatic rings. The second-order valence-corrected chi connectivity index (χ2v) is 4.04. The van der Waals surface area contributed by atoms with Gasteiger partial charge in [-0.1, -0.05) is 31.3 Å². The van der Waals surface area contributed by atoms with E-state index in [9.17, 15) is 0 Å². The Hall–Kier alpha value is -0.195. The molecule has 1 fully saturated rings. The molecule has 0 aromatic carbocycles. The van der Waals surface area contributed by atoms with E-state index in [0.717, 1.165) is 11.8 Å². The van der Waals surface area contributed by atoms with Crippen LogP contribution in [0.1, 0.15) is 26.2 Å². The van der Waals surface area contributed by atoms with Crippen molar-refractivity contribution in [2.75, 3.05) is 0 Å². The SMILES string of the molecule is [B]C1C2/C=C\CCCC1C2C. The average molecular weight is 146 g/mol. The third kappa shape index (κ3) is 1.05. The Morgan fingerprint density at radius 1 is 1.45 bits per heavy atom. The molecule has 1 heteroatoms. The highest BCUT2D eigenvalue weighted by Crippen LogP contribution is 2.52. The van der Waals surface area contributed by atoms with E-state index in [1.165, 1.54) is 19.3 Å². The van der Waals surface area contributed by atoms with Crippen molar-refractivity contribution in [2.45, 2.75) is 32.0 Å². The molecule has 0 nitrogen and oxygen atoms in total. The monoisotopic (exact) mass is 146 g/mol. The van der Waals surface area contributed by atoms with Crippen LogP contribution in [0.2, 0.25) is 5.82 Å². The number of fused-ring (bicyclic) bond motifs is 3. The van der Waals surface area contributed by atoms with Gasteiger partial charge >= 0.3 is 0 Å². The Morgan fingerprint density at radius 2 is 2.27 bits per heavy atom. The highest BCUT2D eigenvalue weighted by Gasteiger charge is 2.42. The average Bonchev–Trinajstić information content (AvgIpc) is 1.95. The summed E-state index contributed by atoms with van der Waals surface area (Å²) in [6, 6.07) is 0. The molecule has 0 amide bonds. The number of hydrogen-bond acceptors (Lipinski definition) is 0. The molecule has 2 radical (unpaired) electrons. The zero-order valence-corrected chi connectivity index (χ0v) is 7.16. The van der Waals surface area contributed by atoms with Gasteiger partial charge in [-0.2, -0.15) is 0 Å². The first-order chi connectivity index (χ1) is 5.30. The number of rotatable bonds is 0. The van der Waals surface area contributed by atoms with Crippen LogP contribution in [0, 0.1) is 17.8 Å². The second kappa shape index (κ2) is 2.69. The van der Waals surface area contributed by atoms with Crippen LogP contribution in [0.5, 0.6) is 0 Å². The van der Waals surface area contributed by atoms with Crippen molar-refractivity contribution in [3.8, 4) is 0 Å². The molecule has 0 heterocycles. The summed E-state index contributed by atoms with van der Waals surface area (Å²) in [4.78, 5) is 0. The molecule has 0 N–H and O–H groups in total. The van der Waals surface area contributed by atoms with Crippen molar-refractivity contribution in [3.05, 3.63) is 12.2 Å². The van der Waals surface area contributed by atoms with E-state index >= 15 is 0 Å². The van der Waals surface area contributed by atoms with Gasteiger partial charge in [0.2, 0.25) is 0 Å². The molecule has 1 saturated carbocycles. The van der Waals surface area contributed by atoms with Crippen molar-refractivity contribution in [1.29, 1.82) is 0 Å². The van der Waals surface area contributed by atoms with Crippen LogP contribution >= 0.6 is 0 Å².